The molecule has 0 bridgehead atoms. The van der Waals surface area contributed by atoms with E-state index < -0.39 is 5.97 Å². The minimum Gasteiger partial charge on any atom is -0.462 e. The first-order valence-electron chi connectivity index (χ1n) is 6.32. The summed E-state index contributed by atoms with van der Waals surface area (Å²) in [5.41, 5.74) is 1.67. The Morgan fingerprint density at radius 1 is 1.05 bits per heavy atom. The van der Waals surface area contributed by atoms with Crippen molar-refractivity contribution in [2.75, 3.05) is 6.61 Å². The quantitative estimate of drug-likeness (QED) is 0.620. The molecule has 20 heavy (non-hydrogen) atoms. The van der Waals surface area contributed by atoms with E-state index in [9.17, 15) is 9.59 Å². The van der Waals surface area contributed by atoms with E-state index in [1.807, 2.05) is 6.07 Å². The molecule has 0 aromatic heterocycles. The molecule has 1 heterocycles. The third-order valence-electron chi connectivity index (χ3n) is 3.15. The fourth-order valence-electron chi connectivity index (χ4n) is 2.17. The number of fused-ring (bicyclic) bond motifs is 1. The van der Waals surface area contributed by atoms with Crippen LogP contribution >= 0.6 is 0 Å². The number of carbonyl (C=O) groups excluding carboxylic acids is 2. The summed E-state index contributed by atoms with van der Waals surface area (Å²) in [6, 6.07) is 13.8. The van der Waals surface area contributed by atoms with Gasteiger partial charge < -0.3 is 9.47 Å². The van der Waals surface area contributed by atoms with Gasteiger partial charge in [-0.3, -0.25) is 0 Å². The average molecular weight is 268 g/mol. The molecule has 0 fully saturated rings. The highest BCUT2D eigenvalue weighted by molar-refractivity contribution is 5.94. The molecule has 2 aromatic rings. The summed E-state index contributed by atoms with van der Waals surface area (Å²) < 4.78 is 10.4. The van der Waals surface area contributed by atoms with Crippen LogP contribution in [0.5, 0.6) is 5.75 Å². The topological polar surface area (TPSA) is 52.6 Å². The summed E-state index contributed by atoms with van der Waals surface area (Å²) >= 11 is 0. The maximum atomic E-state index is 12.0. The molecule has 0 unspecified atom stereocenters. The highest BCUT2D eigenvalue weighted by Crippen LogP contribution is 2.27. The van der Waals surface area contributed by atoms with Crippen molar-refractivity contribution in [1.82, 2.24) is 0 Å². The van der Waals surface area contributed by atoms with Crippen LogP contribution in [0.2, 0.25) is 0 Å². The monoisotopic (exact) mass is 268 g/mol. The molecule has 0 atom stereocenters. The highest BCUT2D eigenvalue weighted by Gasteiger charge is 2.23. The van der Waals surface area contributed by atoms with Crippen molar-refractivity contribution in [3.63, 3.8) is 0 Å². The van der Waals surface area contributed by atoms with Crippen LogP contribution in [-0.2, 0) is 11.2 Å². The number of ether oxygens (including phenoxy) is 2. The summed E-state index contributed by atoms with van der Waals surface area (Å²) in [6.45, 7) is 0.311. The zero-order valence-corrected chi connectivity index (χ0v) is 10.7. The first-order valence-corrected chi connectivity index (χ1v) is 6.32. The van der Waals surface area contributed by atoms with Crippen LogP contribution < -0.4 is 4.74 Å². The molecule has 3 rings (SSSR count). The van der Waals surface area contributed by atoms with Crippen molar-refractivity contribution in [3.05, 3.63) is 65.2 Å². The molecule has 0 amide bonds. The Bertz CT molecular complexity index is 661. The molecule has 0 aliphatic carbocycles. The average Bonchev–Trinajstić information content (AvgIpc) is 2.49. The van der Waals surface area contributed by atoms with Gasteiger partial charge in [-0.25, -0.2) is 9.59 Å². The Balaban J connectivity index is 1.90. The lowest BCUT2D eigenvalue weighted by Crippen LogP contribution is -2.19. The van der Waals surface area contributed by atoms with E-state index in [0.717, 1.165) is 5.56 Å². The second-order valence-corrected chi connectivity index (χ2v) is 4.42. The van der Waals surface area contributed by atoms with E-state index in [0.29, 0.717) is 29.9 Å². The van der Waals surface area contributed by atoms with Crippen molar-refractivity contribution in [1.29, 1.82) is 0 Å². The molecule has 0 radical (unpaired) electrons. The maximum Gasteiger partial charge on any atom is 0.343 e. The number of cyclic esters (lactones) is 1. The lowest BCUT2D eigenvalue weighted by atomic mass is 10.0. The van der Waals surface area contributed by atoms with Crippen molar-refractivity contribution in [3.8, 4) is 5.75 Å². The van der Waals surface area contributed by atoms with Gasteiger partial charge in [-0.15, -0.1) is 0 Å². The van der Waals surface area contributed by atoms with Crippen molar-refractivity contribution in [2.24, 2.45) is 0 Å². The molecule has 0 spiro atoms. The van der Waals surface area contributed by atoms with E-state index in [4.69, 9.17) is 9.47 Å². The standard InChI is InChI=1S/C16H12O4/c17-15(11-5-2-1-3-6-11)20-14-8-4-7-13-12(14)9-10-19-16(13)18/h1-8H,9-10H2. The lowest BCUT2D eigenvalue weighted by molar-refractivity contribution is 0.0474. The first kappa shape index (κ1) is 12.4. The van der Waals surface area contributed by atoms with E-state index in [2.05, 4.69) is 0 Å². The smallest absolute Gasteiger partial charge is 0.343 e. The van der Waals surface area contributed by atoms with E-state index >= 15 is 0 Å². The summed E-state index contributed by atoms with van der Waals surface area (Å²) in [6.07, 6.45) is 0.555. The molecule has 4 nitrogen and oxygen atoms in total. The van der Waals surface area contributed by atoms with Crippen molar-refractivity contribution < 1.29 is 19.1 Å². The molecule has 0 saturated heterocycles. The summed E-state index contributed by atoms with van der Waals surface area (Å²) in [4.78, 5) is 23.7. The number of hydrogen-bond donors (Lipinski definition) is 0. The van der Waals surface area contributed by atoms with Crippen molar-refractivity contribution >= 4 is 11.9 Å². The van der Waals surface area contributed by atoms with E-state index in [1.165, 1.54) is 0 Å². The minimum absolute atomic E-state index is 0.311. The maximum absolute atomic E-state index is 12.0. The van der Waals surface area contributed by atoms with Gasteiger partial charge in [0.05, 0.1) is 17.7 Å². The normalized spacial score (nSPS) is 13.3. The summed E-state index contributed by atoms with van der Waals surface area (Å²) in [5.74, 6) is -0.380. The predicted molar refractivity (Wildman–Crippen MR) is 71.8 cm³/mol. The molecule has 4 heteroatoms. The molecule has 0 saturated carbocycles. The number of esters is 2. The fraction of sp³-hybridized carbons (Fsp3) is 0.125. The van der Waals surface area contributed by atoms with Gasteiger partial charge in [-0.2, -0.15) is 0 Å². The summed E-state index contributed by atoms with van der Waals surface area (Å²) in [7, 11) is 0. The first-order chi connectivity index (χ1) is 9.75. The van der Waals surface area contributed by atoms with Gasteiger partial charge in [-0.05, 0) is 24.3 Å². The second kappa shape index (κ2) is 5.17. The SMILES string of the molecule is O=C(Oc1cccc2c1CCOC2=O)c1ccccc1. The van der Waals surface area contributed by atoms with Gasteiger partial charge in [0, 0.05) is 12.0 Å². The Hall–Kier alpha value is -2.62. The fourth-order valence-corrected chi connectivity index (χ4v) is 2.17. The highest BCUT2D eigenvalue weighted by atomic mass is 16.5. The third kappa shape index (κ3) is 2.28. The lowest BCUT2D eigenvalue weighted by Gasteiger charge is -2.18. The Morgan fingerprint density at radius 3 is 2.65 bits per heavy atom. The predicted octanol–water partition coefficient (Wildman–Crippen LogP) is 2.62. The van der Waals surface area contributed by atoms with Crippen molar-refractivity contribution in [2.45, 2.75) is 6.42 Å². The number of carbonyl (C=O) groups is 2. The van der Waals surface area contributed by atoms with Crippen LogP contribution in [0.15, 0.2) is 48.5 Å². The molecule has 1 aliphatic heterocycles. The van der Waals surface area contributed by atoms with Gasteiger partial charge in [0.25, 0.3) is 0 Å². The molecule has 100 valence electrons. The van der Waals surface area contributed by atoms with Gasteiger partial charge in [0.15, 0.2) is 0 Å². The van der Waals surface area contributed by atoms with E-state index in [1.54, 1.807) is 42.5 Å². The van der Waals surface area contributed by atoms with Crippen LogP contribution in [0.4, 0.5) is 0 Å². The second-order valence-electron chi connectivity index (χ2n) is 4.42. The molecular weight excluding hydrogens is 256 g/mol. The Morgan fingerprint density at radius 2 is 1.85 bits per heavy atom. The zero-order chi connectivity index (χ0) is 13.9. The van der Waals surface area contributed by atoms with Gasteiger partial charge >= 0.3 is 11.9 Å². The third-order valence-corrected chi connectivity index (χ3v) is 3.15. The number of benzene rings is 2. The number of rotatable bonds is 2. The molecule has 1 aliphatic rings. The van der Waals surface area contributed by atoms with Gasteiger partial charge in [0.2, 0.25) is 0 Å². The Labute approximate surface area is 115 Å². The van der Waals surface area contributed by atoms with Crippen LogP contribution in [0.3, 0.4) is 0 Å². The minimum atomic E-state index is -0.432. The Kier molecular flexibility index (Phi) is 3.21. The van der Waals surface area contributed by atoms with Crippen LogP contribution in [0.1, 0.15) is 26.3 Å². The van der Waals surface area contributed by atoms with E-state index in [-0.39, 0.29) is 5.97 Å². The van der Waals surface area contributed by atoms with Crippen LogP contribution in [0.25, 0.3) is 0 Å². The van der Waals surface area contributed by atoms with Gasteiger partial charge in [0.1, 0.15) is 5.75 Å². The molecule has 2 aromatic carbocycles. The number of hydrogen-bond acceptors (Lipinski definition) is 4. The molecular formula is C16H12O4. The van der Waals surface area contributed by atoms with Crippen LogP contribution in [0, 0.1) is 0 Å². The zero-order valence-electron chi connectivity index (χ0n) is 10.7. The van der Waals surface area contributed by atoms with Crippen LogP contribution in [-0.4, -0.2) is 18.5 Å². The van der Waals surface area contributed by atoms with Gasteiger partial charge in [-0.1, -0.05) is 24.3 Å². The summed E-state index contributed by atoms with van der Waals surface area (Å²) in [5, 5.41) is 0. The largest absolute Gasteiger partial charge is 0.462 e. The molecule has 0 N–H and O–H groups in total.